The first-order valence-electron chi connectivity index (χ1n) is 38.8. The van der Waals surface area contributed by atoms with E-state index >= 15 is 0 Å². The van der Waals surface area contributed by atoms with Gasteiger partial charge in [-0.2, -0.15) is 0 Å². The molecule has 0 spiro atoms. The second kappa shape index (κ2) is 65.7. The highest BCUT2D eigenvalue weighted by Crippen LogP contribution is 2.45. The molecule has 19 heteroatoms. The third-order valence-electron chi connectivity index (χ3n) is 17.4. The van der Waals surface area contributed by atoms with Crippen molar-refractivity contribution in [3.05, 3.63) is 0 Å². The number of carbonyl (C=O) groups excluding carboxylic acids is 4. The van der Waals surface area contributed by atoms with Crippen molar-refractivity contribution in [3.8, 4) is 0 Å². The van der Waals surface area contributed by atoms with Gasteiger partial charge in [-0.15, -0.1) is 0 Å². The number of esters is 4. The predicted molar refractivity (Wildman–Crippen MR) is 381 cm³/mol. The van der Waals surface area contributed by atoms with E-state index in [4.69, 9.17) is 37.0 Å². The van der Waals surface area contributed by atoms with Crippen LogP contribution in [-0.4, -0.2) is 96.7 Å². The van der Waals surface area contributed by atoms with E-state index in [1.54, 1.807) is 0 Å². The number of hydrogen-bond donors (Lipinski definition) is 3. The van der Waals surface area contributed by atoms with E-state index in [2.05, 4.69) is 48.5 Å². The highest BCUT2D eigenvalue weighted by Gasteiger charge is 2.30. The molecule has 0 aliphatic heterocycles. The zero-order chi connectivity index (χ0) is 69.4. The molecule has 0 aromatic carbocycles. The molecular weight excluding hydrogens is 1230 g/mol. The number of carbonyl (C=O) groups is 4. The summed E-state index contributed by atoms with van der Waals surface area (Å²) < 4.78 is 68.5. The SMILES string of the molecule is CCCCCCCCCCCCC(=O)OC[C@H](COP(=O)(O)OC[C@H](O)COP(=O)(O)OC[C@@H](COC(=O)CCCCCCCCCCCCC(C)C)OC(=O)CCCCCCCCCCCCCCCCCCC(C)C)OC(=O)CCCCCCCCCCCC(C)C. The predicted octanol–water partition coefficient (Wildman–Crippen LogP) is 21.8. The van der Waals surface area contributed by atoms with Gasteiger partial charge in [-0.25, -0.2) is 9.13 Å². The van der Waals surface area contributed by atoms with E-state index in [-0.39, 0.29) is 25.7 Å². The first kappa shape index (κ1) is 92.1. The van der Waals surface area contributed by atoms with Crippen LogP contribution in [0.25, 0.3) is 0 Å². The number of phosphoric ester groups is 2. The first-order chi connectivity index (χ1) is 45.2. The van der Waals surface area contributed by atoms with E-state index < -0.39 is 97.5 Å². The summed E-state index contributed by atoms with van der Waals surface area (Å²) in [5.41, 5.74) is 0. The van der Waals surface area contributed by atoms with Gasteiger partial charge < -0.3 is 33.8 Å². The number of ether oxygens (including phenoxy) is 4. The Morgan fingerprint density at radius 1 is 0.287 bits per heavy atom. The summed E-state index contributed by atoms with van der Waals surface area (Å²) >= 11 is 0. The van der Waals surface area contributed by atoms with Crippen LogP contribution in [0, 0.1) is 17.8 Å². The number of rotatable bonds is 73. The van der Waals surface area contributed by atoms with Crippen molar-refractivity contribution >= 4 is 39.5 Å². The van der Waals surface area contributed by atoms with Gasteiger partial charge in [0, 0.05) is 25.7 Å². The lowest BCUT2D eigenvalue weighted by Crippen LogP contribution is -2.30. The second-order valence-corrected chi connectivity index (χ2v) is 31.4. The number of aliphatic hydroxyl groups is 1. The molecule has 0 heterocycles. The quantitative estimate of drug-likeness (QED) is 0.0222. The topological polar surface area (TPSA) is 237 Å². The van der Waals surface area contributed by atoms with Gasteiger partial charge in [0.2, 0.25) is 0 Å². The molecule has 0 bridgehead atoms. The Morgan fingerprint density at radius 2 is 0.489 bits per heavy atom. The molecule has 558 valence electrons. The van der Waals surface area contributed by atoms with E-state index in [1.165, 1.54) is 193 Å². The zero-order valence-corrected chi connectivity index (χ0v) is 63.2. The normalized spacial score (nSPS) is 14.1. The summed E-state index contributed by atoms with van der Waals surface area (Å²) in [6.07, 6.45) is 51.3. The van der Waals surface area contributed by atoms with Crippen LogP contribution in [0.5, 0.6) is 0 Å². The van der Waals surface area contributed by atoms with Crippen LogP contribution in [-0.2, 0) is 65.4 Å². The van der Waals surface area contributed by atoms with Gasteiger partial charge >= 0.3 is 39.5 Å². The molecule has 0 aromatic rings. The lowest BCUT2D eigenvalue weighted by atomic mass is 10.0. The van der Waals surface area contributed by atoms with Crippen LogP contribution in [0.4, 0.5) is 0 Å². The first-order valence-corrected chi connectivity index (χ1v) is 41.8. The third-order valence-corrected chi connectivity index (χ3v) is 19.3. The third kappa shape index (κ3) is 68.6. The lowest BCUT2D eigenvalue weighted by Gasteiger charge is -2.21. The van der Waals surface area contributed by atoms with Crippen molar-refractivity contribution in [1.82, 2.24) is 0 Å². The zero-order valence-electron chi connectivity index (χ0n) is 61.4. The minimum Gasteiger partial charge on any atom is -0.462 e. The van der Waals surface area contributed by atoms with Gasteiger partial charge in [0.25, 0.3) is 0 Å². The molecule has 94 heavy (non-hydrogen) atoms. The maximum Gasteiger partial charge on any atom is 0.472 e. The standard InChI is InChI=1S/C75H146O17P2/c1-8-9-10-11-12-13-28-35-42-49-56-72(77)85-62-71(92-75(80)59-52-45-38-31-24-27-34-41-48-55-68(6)7)65-90-94(83,84)88-61-69(76)60-87-93(81,82)89-64-70(63-86-73(78)57-50-43-36-29-23-22-26-33-40-47-54-67(4)5)91-74(79)58-51-44-37-30-21-19-17-15-14-16-18-20-25-32-39-46-53-66(2)3/h66-71,76H,8-65H2,1-7H3,(H,81,82)(H,83,84)/t69-,70-,71-/m1/s1. The minimum atomic E-state index is -4.96. The Labute approximate surface area is 575 Å². The Morgan fingerprint density at radius 3 is 0.723 bits per heavy atom. The van der Waals surface area contributed by atoms with Crippen LogP contribution in [0.2, 0.25) is 0 Å². The van der Waals surface area contributed by atoms with E-state index in [0.717, 1.165) is 108 Å². The molecule has 0 aromatic heterocycles. The van der Waals surface area contributed by atoms with Crippen molar-refractivity contribution in [2.45, 2.75) is 401 Å². The number of phosphoric acid groups is 2. The Balaban J connectivity index is 5.23. The molecule has 0 saturated heterocycles. The van der Waals surface area contributed by atoms with Crippen molar-refractivity contribution < 1.29 is 80.2 Å². The summed E-state index contributed by atoms with van der Waals surface area (Å²) in [5, 5.41) is 10.6. The second-order valence-electron chi connectivity index (χ2n) is 28.5. The van der Waals surface area contributed by atoms with Crippen molar-refractivity contribution in [1.29, 1.82) is 0 Å². The lowest BCUT2D eigenvalue weighted by molar-refractivity contribution is -0.161. The van der Waals surface area contributed by atoms with Crippen molar-refractivity contribution in [2.75, 3.05) is 39.6 Å². The maximum absolute atomic E-state index is 13.1. The highest BCUT2D eigenvalue weighted by atomic mass is 31.2. The highest BCUT2D eigenvalue weighted by molar-refractivity contribution is 7.47. The minimum absolute atomic E-state index is 0.105. The average molecular weight is 1380 g/mol. The van der Waals surface area contributed by atoms with Gasteiger partial charge in [-0.1, -0.05) is 331 Å². The molecule has 0 radical (unpaired) electrons. The molecule has 5 atom stereocenters. The Hall–Kier alpha value is -1.94. The molecular formula is C75H146O17P2. The Kier molecular flexibility index (Phi) is 64.3. The molecule has 2 unspecified atom stereocenters. The van der Waals surface area contributed by atoms with Gasteiger partial charge in [0.1, 0.15) is 19.3 Å². The van der Waals surface area contributed by atoms with E-state index in [0.29, 0.717) is 25.7 Å². The van der Waals surface area contributed by atoms with Crippen LogP contribution in [0.3, 0.4) is 0 Å². The molecule has 0 fully saturated rings. The summed E-state index contributed by atoms with van der Waals surface area (Å²) in [7, 11) is -9.91. The molecule has 3 N–H and O–H groups in total. The smallest absolute Gasteiger partial charge is 0.462 e. The van der Waals surface area contributed by atoms with E-state index in [1.807, 2.05) is 0 Å². The van der Waals surface area contributed by atoms with Gasteiger partial charge in [-0.3, -0.25) is 37.3 Å². The fourth-order valence-electron chi connectivity index (χ4n) is 11.4. The molecule has 0 aliphatic carbocycles. The van der Waals surface area contributed by atoms with Crippen LogP contribution >= 0.6 is 15.6 Å². The molecule has 0 aliphatic rings. The molecule has 0 amide bonds. The summed E-state index contributed by atoms with van der Waals surface area (Å²) in [6.45, 7) is 11.9. The van der Waals surface area contributed by atoms with Crippen molar-refractivity contribution in [2.24, 2.45) is 17.8 Å². The summed E-state index contributed by atoms with van der Waals surface area (Å²) in [6, 6.07) is 0. The molecule has 0 rings (SSSR count). The van der Waals surface area contributed by atoms with Crippen LogP contribution in [0.15, 0.2) is 0 Å². The van der Waals surface area contributed by atoms with Gasteiger partial charge in [-0.05, 0) is 43.4 Å². The molecule has 17 nitrogen and oxygen atoms in total. The maximum atomic E-state index is 13.1. The Bertz CT molecular complexity index is 1840. The number of aliphatic hydroxyl groups excluding tert-OH is 1. The summed E-state index contributed by atoms with van der Waals surface area (Å²) in [5.74, 6) is 0.185. The largest absolute Gasteiger partial charge is 0.472 e. The average Bonchev–Trinajstić information content (AvgIpc) is 1.76. The number of hydrogen-bond acceptors (Lipinski definition) is 15. The summed E-state index contributed by atoms with van der Waals surface area (Å²) in [4.78, 5) is 72.7. The van der Waals surface area contributed by atoms with Crippen LogP contribution in [0.1, 0.15) is 382 Å². The molecule has 0 saturated carbocycles. The monoisotopic (exact) mass is 1380 g/mol. The van der Waals surface area contributed by atoms with Crippen molar-refractivity contribution in [3.63, 3.8) is 0 Å². The van der Waals surface area contributed by atoms with Gasteiger partial charge in [0.15, 0.2) is 12.2 Å². The fraction of sp³-hybridized carbons (Fsp3) is 0.947. The number of unbranched alkanes of at least 4 members (excludes halogenated alkanes) is 41. The van der Waals surface area contributed by atoms with E-state index in [9.17, 15) is 43.2 Å². The fourth-order valence-corrected chi connectivity index (χ4v) is 13.0. The van der Waals surface area contributed by atoms with Gasteiger partial charge in [0.05, 0.1) is 26.4 Å². The van der Waals surface area contributed by atoms with Crippen LogP contribution < -0.4 is 0 Å².